The summed E-state index contributed by atoms with van der Waals surface area (Å²) in [5.41, 5.74) is -9.14. The van der Waals surface area contributed by atoms with Crippen molar-refractivity contribution < 1.29 is 67.0 Å². The molecular weight excluding hydrogens is 828 g/mol. The second-order valence-electron chi connectivity index (χ2n) is 16.4. The third-order valence-corrected chi connectivity index (χ3v) is 11.1. The van der Waals surface area contributed by atoms with E-state index in [0.717, 1.165) is 6.07 Å². The molecule has 0 bridgehead atoms. The molecule has 3 unspecified atom stereocenters. The van der Waals surface area contributed by atoms with Crippen molar-refractivity contribution in [3.05, 3.63) is 110 Å². The average Bonchev–Trinajstić information content (AvgIpc) is 3.68. The van der Waals surface area contributed by atoms with Gasteiger partial charge < -0.3 is 15.4 Å². The Morgan fingerprint density at radius 2 is 1.32 bits per heavy atom. The average molecular weight is 859 g/mol. The minimum Gasteiger partial charge on any atom is -0.405 e. The number of fused-ring (bicyclic) bond motifs is 2. The Morgan fingerprint density at radius 3 is 1.95 bits per heavy atom. The monoisotopic (exact) mass is 858 g/mol. The van der Waals surface area contributed by atoms with Crippen LogP contribution in [0.4, 0.5) is 64.3 Å². The Balaban J connectivity index is 1.27. The van der Waals surface area contributed by atoms with E-state index in [4.69, 9.17) is 0 Å². The van der Waals surface area contributed by atoms with Gasteiger partial charge in [0.25, 0.3) is 0 Å². The van der Waals surface area contributed by atoms with Crippen molar-refractivity contribution in [3.8, 4) is 5.75 Å². The van der Waals surface area contributed by atoms with Crippen molar-refractivity contribution in [1.82, 2.24) is 20.0 Å². The molecule has 0 spiro atoms. The Bertz CT molecular complexity index is 2560. The number of nitrogens with one attached hydrogen (secondary N) is 3. The van der Waals surface area contributed by atoms with E-state index >= 15 is 17.6 Å². The van der Waals surface area contributed by atoms with Gasteiger partial charge in [-0.3, -0.25) is 19.4 Å². The van der Waals surface area contributed by atoms with E-state index in [2.05, 4.69) is 25.6 Å². The van der Waals surface area contributed by atoms with Crippen molar-refractivity contribution in [2.75, 3.05) is 10.6 Å². The summed E-state index contributed by atoms with van der Waals surface area (Å²) in [5, 5.41) is 15.1. The van der Waals surface area contributed by atoms with E-state index in [0.29, 0.717) is 35.0 Å². The Hall–Kier alpha value is -5.76. The van der Waals surface area contributed by atoms with Crippen LogP contribution in [0, 0.1) is 28.3 Å². The van der Waals surface area contributed by atoms with Gasteiger partial charge in [0, 0.05) is 76.0 Å². The first-order valence-electron chi connectivity index (χ1n) is 18.1. The maximum atomic E-state index is 15.5. The van der Waals surface area contributed by atoms with Crippen molar-refractivity contribution in [3.63, 3.8) is 0 Å². The number of carbonyl (C=O) groups excluding carboxylic acids is 2. The van der Waals surface area contributed by atoms with Gasteiger partial charge in [0.1, 0.15) is 34.6 Å². The van der Waals surface area contributed by atoms with Gasteiger partial charge in [-0.05, 0) is 60.1 Å². The molecule has 4 heterocycles. The van der Waals surface area contributed by atoms with Crippen molar-refractivity contribution in [2.24, 2.45) is 10.8 Å². The Morgan fingerprint density at radius 1 is 0.733 bits per heavy atom. The largest absolute Gasteiger partial charge is 0.573 e. The number of Topliss-reactive ketones (excluding diaryl/α,β-unsaturated/α-hetero) is 2. The van der Waals surface area contributed by atoms with Crippen LogP contribution in [0.5, 0.6) is 5.75 Å². The van der Waals surface area contributed by atoms with Gasteiger partial charge in [-0.1, -0.05) is 20.8 Å². The normalized spacial score (nSPS) is 22.8. The number of ether oxygens (including phenoxy) is 1. The Kier molecular flexibility index (Phi) is 9.14. The number of hydrogen-bond donors (Lipinski definition) is 3. The zero-order valence-corrected chi connectivity index (χ0v) is 31.3. The van der Waals surface area contributed by atoms with Crippen LogP contribution >= 0.6 is 0 Å². The van der Waals surface area contributed by atoms with Gasteiger partial charge in [0.15, 0.2) is 23.2 Å². The zero-order chi connectivity index (χ0) is 43.6. The molecule has 60 heavy (non-hydrogen) atoms. The lowest BCUT2D eigenvalue weighted by Crippen LogP contribution is -2.39. The summed E-state index contributed by atoms with van der Waals surface area (Å²) in [6.45, 7) is 3.98. The number of H-pyrrole nitrogens is 1. The molecule has 2 aromatic heterocycles. The van der Waals surface area contributed by atoms with Crippen molar-refractivity contribution >= 4 is 23.2 Å². The van der Waals surface area contributed by atoms with Gasteiger partial charge in [-0.15, -0.1) is 13.2 Å². The van der Waals surface area contributed by atoms with Crippen LogP contribution in [0.2, 0.25) is 0 Å². The third-order valence-electron chi connectivity index (χ3n) is 11.1. The fourth-order valence-corrected chi connectivity index (χ4v) is 9.03. The highest BCUT2D eigenvalue weighted by molar-refractivity contribution is 6.02. The van der Waals surface area contributed by atoms with Crippen LogP contribution < -0.4 is 15.4 Å². The molecule has 21 heteroatoms. The highest BCUT2D eigenvalue weighted by atomic mass is 19.4. The van der Waals surface area contributed by atoms with Crippen LogP contribution in [-0.2, 0) is 28.5 Å². The van der Waals surface area contributed by atoms with Gasteiger partial charge in [-0.25, -0.2) is 13.2 Å². The molecule has 4 aliphatic rings. The number of benzene rings is 2. The molecule has 0 saturated carbocycles. The molecule has 0 fully saturated rings. The number of anilines is 2. The van der Waals surface area contributed by atoms with Gasteiger partial charge >= 0.3 is 18.7 Å². The maximum absolute atomic E-state index is 15.5. The molecule has 0 radical (unpaired) electrons. The smallest absolute Gasteiger partial charge is 0.405 e. The van der Waals surface area contributed by atoms with Crippen LogP contribution in [0.1, 0.15) is 91.9 Å². The van der Waals surface area contributed by atoms with Crippen LogP contribution in [0.3, 0.4) is 0 Å². The van der Waals surface area contributed by atoms with Crippen molar-refractivity contribution in [1.29, 1.82) is 0 Å². The first-order chi connectivity index (χ1) is 27.7. The molecule has 9 nitrogen and oxygen atoms in total. The minimum absolute atomic E-state index is 0.0239. The van der Waals surface area contributed by atoms with E-state index in [-0.39, 0.29) is 36.2 Å². The summed E-state index contributed by atoms with van der Waals surface area (Å²) in [7, 11) is 0. The molecule has 2 aliphatic heterocycles. The molecule has 4 aromatic rings. The van der Waals surface area contributed by atoms with Crippen LogP contribution in [0.25, 0.3) is 0 Å². The van der Waals surface area contributed by atoms with Gasteiger partial charge in [-0.2, -0.15) is 36.5 Å². The van der Waals surface area contributed by atoms with Crippen molar-refractivity contribution in [2.45, 2.75) is 83.6 Å². The van der Waals surface area contributed by atoms with E-state index in [1.807, 2.05) is 5.10 Å². The molecule has 0 amide bonds. The number of aromatic amines is 1. The first kappa shape index (κ1) is 41.0. The lowest BCUT2D eigenvalue weighted by atomic mass is 9.68. The van der Waals surface area contributed by atoms with E-state index in [9.17, 15) is 44.7 Å². The van der Waals surface area contributed by atoms with E-state index < -0.39 is 140 Å². The number of ketones is 2. The number of halogens is 12. The standard InChI is InChI=1S/C39H30F12N6O3/c1-35(2)10-20-27(22(58)12-35)26(18-9-16(41)5-7-24(18)60-39(49,50)51)30-32(38(46,47)48)57(56-34(30)53-20)14-36(3)11-21-28(23(59)13-36)25(17-8-15(40)4-6-19(17)42)29-31(37(43,44)45)54-55-33(29)52-21/h4-9,25-26H,10-14H2,1-3H3,(H,53,56)(H2,52,54,55). The molecular formula is C39H30F12N6O3. The molecule has 2 aromatic carbocycles. The second-order valence-corrected chi connectivity index (χ2v) is 16.4. The molecule has 3 atom stereocenters. The van der Waals surface area contributed by atoms with Gasteiger partial charge in [0.05, 0.1) is 0 Å². The number of hydrogen-bond acceptors (Lipinski definition) is 7. The summed E-state index contributed by atoms with van der Waals surface area (Å²) >= 11 is 0. The quantitative estimate of drug-likeness (QED) is 0.171. The summed E-state index contributed by atoms with van der Waals surface area (Å²) < 4.78 is 180. The lowest BCUT2D eigenvalue weighted by Gasteiger charge is -2.40. The van der Waals surface area contributed by atoms with Crippen LogP contribution in [-0.4, -0.2) is 37.9 Å². The second kappa shape index (κ2) is 13.4. The highest BCUT2D eigenvalue weighted by Gasteiger charge is 2.53. The van der Waals surface area contributed by atoms with E-state index in [1.165, 1.54) is 6.92 Å². The van der Waals surface area contributed by atoms with Gasteiger partial charge in [0.2, 0.25) is 0 Å². The Labute approximate surface area is 330 Å². The number of nitrogens with zero attached hydrogens (tertiary/aromatic N) is 3. The number of aromatic nitrogens is 4. The molecule has 3 N–H and O–H groups in total. The molecule has 8 rings (SSSR count). The molecule has 2 aliphatic carbocycles. The molecule has 0 saturated heterocycles. The predicted octanol–water partition coefficient (Wildman–Crippen LogP) is 10.0. The van der Waals surface area contributed by atoms with Crippen LogP contribution in [0.15, 0.2) is 58.9 Å². The summed E-state index contributed by atoms with van der Waals surface area (Å²) in [5.74, 6) is -10.9. The fraction of sp³-hybridized carbons (Fsp3) is 0.385. The number of allylic oxidation sites excluding steroid dienone is 4. The number of carbonyl (C=O) groups is 2. The predicted molar refractivity (Wildman–Crippen MR) is 186 cm³/mol. The summed E-state index contributed by atoms with van der Waals surface area (Å²) in [6, 6.07) is 3.75. The SMILES string of the molecule is CC1(C)CC(=O)C2=C(C1)Nc1nn(CC3(C)CC(=O)C4=C(C3)Nc3n[nH]c(C(F)(F)F)c3C4c3cc(F)ccc3F)c(C(F)(F)F)c1C2c1cc(F)ccc1OC(F)(F)F. The summed E-state index contributed by atoms with van der Waals surface area (Å²) in [6.07, 6.45) is -17.1. The zero-order valence-electron chi connectivity index (χ0n) is 31.3. The lowest BCUT2D eigenvalue weighted by molar-refractivity contribution is -0.275. The third kappa shape index (κ3) is 7.07. The first-order valence-corrected chi connectivity index (χ1v) is 18.1. The summed E-state index contributed by atoms with van der Waals surface area (Å²) in [4.78, 5) is 28.0. The topological polar surface area (TPSA) is 114 Å². The number of rotatable bonds is 5. The maximum Gasteiger partial charge on any atom is 0.573 e. The number of alkyl halides is 9. The molecule has 318 valence electrons. The minimum atomic E-state index is -5.39. The highest BCUT2D eigenvalue weighted by Crippen LogP contribution is 2.56. The fourth-order valence-electron chi connectivity index (χ4n) is 9.03. The van der Waals surface area contributed by atoms with E-state index in [1.54, 1.807) is 13.8 Å².